The van der Waals surface area contributed by atoms with Crippen LogP contribution >= 0.6 is 11.6 Å². The minimum Gasteiger partial charge on any atom is -0.465 e. The first-order chi connectivity index (χ1) is 5.70. The molecule has 0 radical (unpaired) electrons. The van der Waals surface area contributed by atoms with Gasteiger partial charge in [0.1, 0.15) is 5.78 Å². The van der Waals surface area contributed by atoms with Gasteiger partial charge in [0.2, 0.25) is 0 Å². The van der Waals surface area contributed by atoms with Gasteiger partial charge >= 0.3 is 6.09 Å². The number of Topliss-reactive ketones (excluding diaryl/α,β-unsaturated/α-hetero) is 1. The van der Waals surface area contributed by atoms with Crippen molar-refractivity contribution in [2.45, 2.75) is 12.8 Å². The highest BCUT2D eigenvalue weighted by Crippen LogP contribution is 2.04. The Hall–Kier alpha value is -0.770. The van der Waals surface area contributed by atoms with Crippen LogP contribution in [0.3, 0.4) is 0 Å². The van der Waals surface area contributed by atoms with Crippen LogP contribution in [0, 0.1) is 0 Å². The van der Waals surface area contributed by atoms with Crippen molar-refractivity contribution in [2.75, 3.05) is 19.5 Å². The molecule has 0 saturated carbocycles. The van der Waals surface area contributed by atoms with Gasteiger partial charge in [-0.25, -0.2) is 4.79 Å². The van der Waals surface area contributed by atoms with Crippen molar-refractivity contribution in [3.63, 3.8) is 0 Å². The number of amides is 1. The van der Waals surface area contributed by atoms with Crippen LogP contribution in [0.2, 0.25) is 0 Å². The van der Waals surface area contributed by atoms with Crippen molar-refractivity contribution in [3.8, 4) is 0 Å². The summed E-state index contributed by atoms with van der Waals surface area (Å²) in [6.07, 6.45) is 1.31. The van der Waals surface area contributed by atoms with Crippen LogP contribution in [-0.2, 0) is 4.79 Å². The molecule has 1 rings (SSSR count). The number of carboxylic acid groups (broad SMARTS) is 1. The standard InChI is InChI=1S/C6H9NO3.CH3Cl/c8-5-1-3-7(4-2-5)6(9)10;1-2/h1-4H2,(H,9,10);1H3. The molecule has 0 aliphatic carbocycles. The van der Waals surface area contributed by atoms with Crippen LogP contribution in [0.1, 0.15) is 12.8 Å². The van der Waals surface area contributed by atoms with E-state index in [-0.39, 0.29) is 5.78 Å². The quantitative estimate of drug-likeness (QED) is 0.588. The van der Waals surface area contributed by atoms with E-state index in [9.17, 15) is 9.59 Å². The molecule has 0 atom stereocenters. The maximum absolute atomic E-state index is 10.6. The fraction of sp³-hybridized carbons (Fsp3) is 0.714. The molecular weight excluding hydrogens is 182 g/mol. The first-order valence-electron chi connectivity index (χ1n) is 3.57. The third kappa shape index (κ3) is 3.57. The average Bonchev–Trinajstić information content (AvgIpc) is 2.09. The van der Waals surface area contributed by atoms with Gasteiger partial charge in [0.05, 0.1) is 0 Å². The predicted octanol–water partition coefficient (Wildman–Crippen LogP) is 1.18. The Kier molecular flexibility index (Phi) is 5.45. The number of rotatable bonds is 0. The minimum atomic E-state index is -0.924. The van der Waals surface area contributed by atoms with Gasteiger partial charge in [0.15, 0.2) is 0 Å². The Morgan fingerprint density at radius 1 is 1.42 bits per heavy atom. The number of nitrogens with zero attached hydrogens (tertiary/aromatic N) is 1. The lowest BCUT2D eigenvalue weighted by Gasteiger charge is -2.22. The van der Waals surface area contributed by atoms with E-state index < -0.39 is 6.09 Å². The van der Waals surface area contributed by atoms with Crippen LogP contribution in [0.15, 0.2) is 0 Å². The summed E-state index contributed by atoms with van der Waals surface area (Å²) in [6.45, 7) is 0.738. The molecule has 0 bridgehead atoms. The highest BCUT2D eigenvalue weighted by atomic mass is 35.5. The maximum Gasteiger partial charge on any atom is 0.407 e. The molecule has 12 heavy (non-hydrogen) atoms. The Balaban J connectivity index is 0.000000561. The summed E-state index contributed by atoms with van der Waals surface area (Å²) in [5, 5.41) is 8.44. The van der Waals surface area contributed by atoms with Gasteiger partial charge in [0.25, 0.3) is 0 Å². The van der Waals surface area contributed by atoms with E-state index in [4.69, 9.17) is 5.11 Å². The number of ketones is 1. The van der Waals surface area contributed by atoms with Crippen molar-refractivity contribution in [2.24, 2.45) is 0 Å². The molecular formula is C7H12ClNO3. The third-order valence-electron chi connectivity index (χ3n) is 1.59. The van der Waals surface area contributed by atoms with Crippen LogP contribution in [-0.4, -0.2) is 41.4 Å². The molecule has 0 aromatic carbocycles. The number of alkyl halides is 1. The molecule has 5 heteroatoms. The van der Waals surface area contributed by atoms with Gasteiger partial charge in [-0.3, -0.25) is 4.79 Å². The molecule has 1 aliphatic rings. The normalized spacial score (nSPS) is 16.5. The van der Waals surface area contributed by atoms with Gasteiger partial charge in [-0.05, 0) is 0 Å². The van der Waals surface area contributed by atoms with Crippen LogP contribution < -0.4 is 0 Å². The molecule has 1 aliphatic heterocycles. The smallest absolute Gasteiger partial charge is 0.407 e. The summed E-state index contributed by atoms with van der Waals surface area (Å²) < 4.78 is 0. The molecule has 1 heterocycles. The molecule has 1 saturated heterocycles. The second-order valence-electron chi connectivity index (χ2n) is 2.31. The number of likely N-dealkylation sites (tertiary alicyclic amines) is 1. The Morgan fingerprint density at radius 2 is 1.83 bits per heavy atom. The molecule has 70 valence electrons. The summed E-state index contributed by atoms with van der Waals surface area (Å²) in [6, 6.07) is 0. The van der Waals surface area contributed by atoms with Gasteiger partial charge in [-0.1, -0.05) is 0 Å². The summed E-state index contributed by atoms with van der Waals surface area (Å²) in [4.78, 5) is 22.2. The van der Waals surface area contributed by atoms with Crippen molar-refractivity contribution >= 4 is 23.5 Å². The lowest BCUT2D eigenvalue weighted by molar-refractivity contribution is -0.121. The summed E-state index contributed by atoms with van der Waals surface area (Å²) in [5.74, 6) is 0.164. The van der Waals surface area contributed by atoms with Crippen LogP contribution in [0.4, 0.5) is 4.79 Å². The summed E-state index contributed by atoms with van der Waals surface area (Å²) in [7, 11) is 0. The first-order valence-corrected chi connectivity index (χ1v) is 4.33. The zero-order valence-electron chi connectivity index (χ0n) is 6.92. The number of hydrogen-bond donors (Lipinski definition) is 1. The number of halogens is 1. The number of carbonyl (C=O) groups is 2. The Bertz CT molecular complexity index is 162. The van der Waals surface area contributed by atoms with E-state index in [1.807, 2.05) is 0 Å². The molecule has 1 amide bonds. The second-order valence-corrected chi connectivity index (χ2v) is 2.31. The number of carbonyl (C=O) groups excluding carboxylic acids is 1. The van der Waals surface area contributed by atoms with Crippen molar-refractivity contribution in [3.05, 3.63) is 0 Å². The van der Waals surface area contributed by atoms with E-state index in [1.54, 1.807) is 0 Å². The summed E-state index contributed by atoms with van der Waals surface area (Å²) in [5.41, 5.74) is 0. The molecule has 0 aromatic rings. The monoisotopic (exact) mass is 193 g/mol. The van der Waals surface area contributed by atoms with E-state index in [1.165, 1.54) is 11.3 Å². The van der Waals surface area contributed by atoms with Gasteiger partial charge in [-0.2, -0.15) is 0 Å². The molecule has 4 nitrogen and oxygen atoms in total. The average molecular weight is 194 g/mol. The first kappa shape index (κ1) is 11.2. The van der Waals surface area contributed by atoms with Gasteiger partial charge in [-0.15, -0.1) is 11.6 Å². The van der Waals surface area contributed by atoms with Crippen molar-refractivity contribution < 1.29 is 14.7 Å². The second kappa shape index (κ2) is 5.83. The SMILES string of the molecule is CCl.O=C1CCN(C(=O)O)CC1. The predicted molar refractivity (Wildman–Crippen MR) is 45.6 cm³/mol. The van der Waals surface area contributed by atoms with Crippen molar-refractivity contribution in [1.82, 2.24) is 4.90 Å². The largest absolute Gasteiger partial charge is 0.465 e. The molecule has 0 aromatic heterocycles. The van der Waals surface area contributed by atoms with Crippen molar-refractivity contribution in [1.29, 1.82) is 0 Å². The molecule has 1 fully saturated rings. The van der Waals surface area contributed by atoms with E-state index in [0.29, 0.717) is 25.9 Å². The zero-order valence-corrected chi connectivity index (χ0v) is 7.67. The summed E-state index contributed by atoms with van der Waals surface area (Å²) >= 11 is 4.64. The molecule has 0 spiro atoms. The Labute approximate surface area is 76.1 Å². The van der Waals surface area contributed by atoms with Crippen LogP contribution in [0.5, 0.6) is 0 Å². The number of piperidine rings is 1. The van der Waals surface area contributed by atoms with Gasteiger partial charge < -0.3 is 10.0 Å². The van der Waals surface area contributed by atoms with Gasteiger partial charge in [0, 0.05) is 32.3 Å². The molecule has 0 unspecified atom stereocenters. The van der Waals surface area contributed by atoms with Crippen LogP contribution in [0.25, 0.3) is 0 Å². The van der Waals surface area contributed by atoms with E-state index >= 15 is 0 Å². The Morgan fingerprint density at radius 3 is 2.17 bits per heavy atom. The highest BCUT2D eigenvalue weighted by Gasteiger charge is 2.19. The van der Waals surface area contributed by atoms with E-state index in [2.05, 4.69) is 11.6 Å². The van der Waals surface area contributed by atoms with E-state index in [0.717, 1.165) is 0 Å². The minimum absolute atomic E-state index is 0.164. The zero-order chi connectivity index (χ0) is 9.56. The lowest BCUT2D eigenvalue weighted by Crippen LogP contribution is -2.37. The maximum atomic E-state index is 10.6. The third-order valence-corrected chi connectivity index (χ3v) is 1.59. The fourth-order valence-corrected chi connectivity index (χ4v) is 0.947. The highest BCUT2D eigenvalue weighted by molar-refractivity contribution is 6.15. The topological polar surface area (TPSA) is 57.6 Å². The fourth-order valence-electron chi connectivity index (χ4n) is 0.947. The lowest BCUT2D eigenvalue weighted by atomic mass is 10.1. The molecule has 1 N–H and O–H groups in total. The number of hydrogen-bond acceptors (Lipinski definition) is 2.